The normalized spacial score (nSPS) is 17.8. The lowest BCUT2D eigenvalue weighted by molar-refractivity contribution is 0.146. The molecule has 0 bridgehead atoms. The minimum Gasteiger partial charge on any atom is -0.366 e. The Hall–Kier alpha value is -3.33. The van der Waals surface area contributed by atoms with Gasteiger partial charge in [0, 0.05) is 54.7 Å². The molecule has 1 fully saturated rings. The van der Waals surface area contributed by atoms with Gasteiger partial charge in [0.25, 0.3) is 6.43 Å². The topological polar surface area (TPSA) is 57.5 Å². The highest BCUT2D eigenvalue weighted by molar-refractivity contribution is 5.94. The number of halogens is 3. The van der Waals surface area contributed by atoms with E-state index in [0.717, 1.165) is 42.3 Å². The molecule has 2 atom stereocenters. The van der Waals surface area contributed by atoms with Gasteiger partial charge in [-0.05, 0) is 32.0 Å². The van der Waals surface area contributed by atoms with E-state index in [1.54, 1.807) is 13.1 Å². The van der Waals surface area contributed by atoms with Crippen LogP contribution >= 0.6 is 0 Å². The molecule has 0 aliphatic carbocycles. The average Bonchev–Trinajstić information content (AvgIpc) is 3.28. The van der Waals surface area contributed by atoms with Crippen LogP contribution in [0, 0.1) is 5.82 Å². The first-order chi connectivity index (χ1) is 15.9. The lowest BCUT2D eigenvalue weighted by Crippen LogP contribution is -2.49. The Labute approximate surface area is 189 Å². The SMILES string of the molecule is CC(Nc1nc2nccn2c2ccc(N3CCNCC3C)cc12)c1cccc(C(F)F)c1F. The summed E-state index contributed by atoms with van der Waals surface area (Å²) < 4.78 is 43.1. The smallest absolute Gasteiger partial charge is 0.266 e. The monoisotopic (exact) mass is 454 g/mol. The van der Waals surface area contributed by atoms with E-state index < -0.39 is 23.8 Å². The van der Waals surface area contributed by atoms with Crippen LogP contribution in [0.2, 0.25) is 0 Å². The van der Waals surface area contributed by atoms with Crippen LogP contribution in [0.25, 0.3) is 16.7 Å². The first-order valence-corrected chi connectivity index (χ1v) is 11.0. The number of imidazole rings is 1. The summed E-state index contributed by atoms with van der Waals surface area (Å²) in [5, 5.41) is 7.50. The van der Waals surface area contributed by atoms with Crippen molar-refractivity contribution in [3.05, 3.63) is 65.7 Å². The van der Waals surface area contributed by atoms with Gasteiger partial charge >= 0.3 is 0 Å². The molecule has 0 amide bonds. The van der Waals surface area contributed by atoms with Gasteiger partial charge in [-0.15, -0.1) is 0 Å². The van der Waals surface area contributed by atoms with Gasteiger partial charge < -0.3 is 15.5 Å². The Morgan fingerprint density at radius 3 is 2.79 bits per heavy atom. The summed E-state index contributed by atoms with van der Waals surface area (Å²) in [5.74, 6) is 0.138. The number of benzene rings is 2. The molecule has 3 heterocycles. The largest absolute Gasteiger partial charge is 0.366 e. The van der Waals surface area contributed by atoms with Crippen molar-refractivity contribution in [2.24, 2.45) is 0 Å². The van der Waals surface area contributed by atoms with Gasteiger partial charge in [-0.1, -0.05) is 18.2 Å². The third-order valence-electron chi connectivity index (χ3n) is 6.27. The predicted molar refractivity (Wildman–Crippen MR) is 124 cm³/mol. The molecule has 2 N–H and O–H groups in total. The zero-order chi connectivity index (χ0) is 23.1. The molecule has 6 nitrogen and oxygen atoms in total. The number of fused-ring (bicyclic) bond motifs is 3. The molecule has 2 unspecified atom stereocenters. The van der Waals surface area contributed by atoms with E-state index >= 15 is 0 Å². The van der Waals surface area contributed by atoms with Crippen LogP contribution in [0.1, 0.15) is 37.4 Å². The summed E-state index contributed by atoms with van der Waals surface area (Å²) in [7, 11) is 0. The van der Waals surface area contributed by atoms with Gasteiger partial charge in [0.1, 0.15) is 11.6 Å². The zero-order valence-corrected chi connectivity index (χ0v) is 18.4. The Balaban J connectivity index is 1.59. The summed E-state index contributed by atoms with van der Waals surface area (Å²) in [4.78, 5) is 11.3. The van der Waals surface area contributed by atoms with Crippen molar-refractivity contribution in [1.29, 1.82) is 0 Å². The van der Waals surface area contributed by atoms with Crippen LogP contribution in [-0.2, 0) is 0 Å². The molecule has 2 aromatic carbocycles. The summed E-state index contributed by atoms with van der Waals surface area (Å²) >= 11 is 0. The van der Waals surface area contributed by atoms with Crippen molar-refractivity contribution in [2.75, 3.05) is 29.9 Å². The highest BCUT2D eigenvalue weighted by Crippen LogP contribution is 2.33. The number of hydrogen-bond donors (Lipinski definition) is 2. The molecule has 0 spiro atoms. The fourth-order valence-corrected chi connectivity index (χ4v) is 4.52. The van der Waals surface area contributed by atoms with Gasteiger partial charge in [-0.2, -0.15) is 4.98 Å². The molecule has 1 aliphatic rings. The van der Waals surface area contributed by atoms with Crippen molar-refractivity contribution in [3.63, 3.8) is 0 Å². The van der Waals surface area contributed by atoms with Gasteiger partial charge in [0.15, 0.2) is 0 Å². The van der Waals surface area contributed by atoms with Gasteiger partial charge in [-0.3, -0.25) is 4.40 Å². The third kappa shape index (κ3) is 3.86. The second-order valence-electron chi connectivity index (χ2n) is 8.42. The fourth-order valence-electron chi connectivity index (χ4n) is 4.52. The fraction of sp³-hybridized carbons (Fsp3) is 0.333. The van der Waals surface area contributed by atoms with E-state index in [2.05, 4.69) is 44.6 Å². The maximum atomic E-state index is 14.8. The van der Waals surface area contributed by atoms with Gasteiger partial charge in [-0.25, -0.2) is 18.2 Å². The van der Waals surface area contributed by atoms with Crippen molar-refractivity contribution >= 4 is 28.2 Å². The van der Waals surface area contributed by atoms with Gasteiger partial charge in [0.2, 0.25) is 5.78 Å². The molecule has 1 aliphatic heterocycles. The van der Waals surface area contributed by atoms with Crippen molar-refractivity contribution in [2.45, 2.75) is 32.4 Å². The van der Waals surface area contributed by atoms with E-state index in [0.29, 0.717) is 17.6 Å². The van der Waals surface area contributed by atoms with Crippen LogP contribution in [0.4, 0.5) is 24.7 Å². The number of nitrogens with one attached hydrogen (secondary N) is 2. The Morgan fingerprint density at radius 1 is 1.18 bits per heavy atom. The highest BCUT2D eigenvalue weighted by Gasteiger charge is 2.22. The van der Waals surface area contributed by atoms with E-state index in [1.165, 1.54) is 12.1 Å². The van der Waals surface area contributed by atoms with E-state index in [1.807, 2.05) is 16.7 Å². The molecular weight excluding hydrogens is 429 g/mol. The number of piperazine rings is 1. The van der Waals surface area contributed by atoms with Crippen LogP contribution in [0.3, 0.4) is 0 Å². The standard InChI is InChI=1S/C24H25F3N6/c1-14-13-28-8-10-32(14)16-6-7-20-19(12-16)23(31-24-29-9-11-33(20)24)30-15(2)17-4-3-5-18(21(17)25)22(26)27/h3-7,9,11-12,14-15,22,28H,8,10,13H2,1-2H3,(H,29,30,31). The zero-order valence-electron chi connectivity index (χ0n) is 18.4. The van der Waals surface area contributed by atoms with Gasteiger partial charge in [0.05, 0.1) is 17.1 Å². The minimum atomic E-state index is -2.87. The van der Waals surface area contributed by atoms with Crippen LogP contribution in [0.5, 0.6) is 0 Å². The molecule has 2 aromatic heterocycles. The summed E-state index contributed by atoms with van der Waals surface area (Å²) in [6.45, 7) is 6.60. The summed E-state index contributed by atoms with van der Waals surface area (Å²) in [5.41, 5.74) is 1.54. The molecular formula is C24H25F3N6. The minimum absolute atomic E-state index is 0.165. The Bertz CT molecular complexity index is 1300. The van der Waals surface area contributed by atoms with Crippen molar-refractivity contribution < 1.29 is 13.2 Å². The molecule has 33 heavy (non-hydrogen) atoms. The predicted octanol–water partition coefficient (Wildman–Crippen LogP) is 4.93. The molecule has 0 radical (unpaired) electrons. The van der Waals surface area contributed by atoms with Crippen LogP contribution in [0.15, 0.2) is 48.8 Å². The van der Waals surface area contributed by atoms with E-state index in [4.69, 9.17) is 0 Å². The summed E-state index contributed by atoms with van der Waals surface area (Å²) in [6, 6.07) is 10.0. The second kappa shape index (κ2) is 8.55. The first-order valence-electron chi connectivity index (χ1n) is 11.0. The number of nitrogens with zero attached hydrogens (tertiary/aromatic N) is 4. The number of anilines is 2. The first kappa shape index (κ1) is 21.5. The van der Waals surface area contributed by atoms with Crippen LogP contribution in [-0.4, -0.2) is 40.0 Å². The molecule has 5 rings (SSSR count). The van der Waals surface area contributed by atoms with Crippen molar-refractivity contribution in [3.8, 4) is 0 Å². The van der Waals surface area contributed by atoms with Crippen molar-refractivity contribution in [1.82, 2.24) is 19.7 Å². The number of aromatic nitrogens is 3. The quantitative estimate of drug-likeness (QED) is 0.448. The van der Waals surface area contributed by atoms with E-state index in [-0.39, 0.29) is 5.56 Å². The lowest BCUT2D eigenvalue weighted by Gasteiger charge is -2.36. The highest BCUT2D eigenvalue weighted by atomic mass is 19.3. The average molecular weight is 455 g/mol. The maximum Gasteiger partial charge on any atom is 0.266 e. The third-order valence-corrected chi connectivity index (χ3v) is 6.27. The number of alkyl halides is 2. The Morgan fingerprint density at radius 2 is 2.00 bits per heavy atom. The molecule has 4 aromatic rings. The lowest BCUT2D eigenvalue weighted by atomic mass is 10.0. The number of rotatable bonds is 5. The summed E-state index contributed by atoms with van der Waals surface area (Å²) in [6.07, 6.45) is 0.644. The molecule has 9 heteroatoms. The molecule has 172 valence electrons. The van der Waals surface area contributed by atoms with E-state index in [9.17, 15) is 13.2 Å². The Kier molecular flexibility index (Phi) is 5.57. The maximum absolute atomic E-state index is 14.8. The van der Waals surface area contributed by atoms with Crippen LogP contribution < -0.4 is 15.5 Å². The number of hydrogen-bond acceptors (Lipinski definition) is 5. The molecule has 0 saturated carbocycles. The second-order valence-corrected chi connectivity index (χ2v) is 8.42. The molecule has 1 saturated heterocycles.